The highest BCUT2D eigenvalue weighted by molar-refractivity contribution is 6.48. The van der Waals surface area contributed by atoms with Gasteiger partial charge < -0.3 is 0 Å². The van der Waals surface area contributed by atoms with Crippen LogP contribution < -0.4 is 9.50 Å². The summed E-state index contributed by atoms with van der Waals surface area (Å²) in [5.41, 5.74) is -0.00630. The molecular formula is C6H4Cl3N5O. The fraction of sp³-hybridized carbons (Fsp3) is 0.167. The highest BCUT2D eigenvalue weighted by Crippen LogP contribution is 2.17. The molecule has 0 aliphatic rings. The molecular weight excluding hydrogens is 264 g/mol. The summed E-state index contributed by atoms with van der Waals surface area (Å²) < 4.78 is 2.95. The smallest absolute Gasteiger partial charge is 0.278 e. The largest absolute Gasteiger partial charge is 0.282 e. The maximum atomic E-state index is 11.7. The molecule has 0 spiro atoms. The van der Waals surface area contributed by atoms with E-state index in [0.29, 0.717) is 3.94 Å². The van der Waals surface area contributed by atoms with Crippen LogP contribution in [0.5, 0.6) is 0 Å². The number of fused-ring (bicyclic) bond motifs is 1. The van der Waals surface area contributed by atoms with Gasteiger partial charge in [0.2, 0.25) is 5.95 Å². The topological polar surface area (TPSA) is 56.0 Å². The van der Waals surface area contributed by atoms with Gasteiger partial charge in [0.05, 0.1) is 0 Å². The van der Waals surface area contributed by atoms with E-state index in [-0.39, 0.29) is 22.7 Å². The number of rotatable bonds is 1. The second-order valence-corrected chi connectivity index (χ2v) is 3.95. The van der Waals surface area contributed by atoms with E-state index in [2.05, 4.69) is 9.97 Å². The summed E-state index contributed by atoms with van der Waals surface area (Å²) >= 11 is 16.7. The van der Waals surface area contributed by atoms with Crippen molar-refractivity contribution in [2.75, 3.05) is 3.94 Å². The normalized spacial score (nSPS) is 10.9. The van der Waals surface area contributed by atoms with Gasteiger partial charge in [0.25, 0.3) is 5.56 Å². The Morgan fingerprint density at radius 1 is 1.47 bits per heavy atom. The summed E-state index contributed by atoms with van der Waals surface area (Å²) in [6.45, 7) is 0. The summed E-state index contributed by atoms with van der Waals surface area (Å²) in [6, 6.07) is 0. The second kappa shape index (κ2) is 3.55. The van der Waals surface area contributed by atoms with Crippen molar-refractivity contribution in [1.29, 1.82) is 0 Å². The summed E-state index contributed by atoms with van der Waals surface area (Å²) in [7, 11) is 1.48. The van der Waals surface area contributed by atoms with Crippen LogP contribution >= 0.6 is 35.3 Å². The molecule has 2 rings (SSSR count). The monoisotopic (exact) mass is 267 g/mol. The van der Waals surface area contributed by atoms with Crippen LogP contribution in [0, 0.1) is 0 Å². The molecule has 2 aromatic rings. The van der Waals surface area contributed by atoms with Gasteiger partial charge in [-0.3, -0.25) is 9.36 Å². The number of imidazole rings is 1. The first kappa shape index (κ1) is 10.5. The van der Waals surface area contributed by atoms with Gasteiger partial charge in [0.1, 0.15) is 6.33 Å². The second-order valence-electron chi connectivity index (χ2n) is 2.74. The SMILES string of the molecule is Cn1c(N(Cl)Cl)nc2c(ncn2Cl)c1=O. The van der Waals surface area contributed by atoms with Crippen molar-refractivity contribution in [3.63, 3.8) is 0 Å². The van der Waals surface area contributed by atoms with Crippen molar-refractivity contribution in [3.05, 3.63) is 16.7 Å². The maximum Gasteiger partial charge on any atom is 0.282 e. The molecule has 2 heterocycles. The van der Waals surface area contributed by atoms with E-state index < -0.39 is 0 Å². The van der Waals surface area contributed by atoms with Crippen LogP contribution in [0.25, 0.3) is 11.2 Å². The van der Waals surface area contributed by atoms with Crippen molar-refractivity contribution in [1.82, 2.24) is 18.6 Å². The average molecular weight is 268 g/mol. The summed E-state index contributed by atoms with van der Waals surface area (Å²) in [6.07, 6.45) is 1.28. The number of hydrogen-bond acceptors (Lipinski definition) is 4. The molecule has 80 valence electrons. The number of anilines is 1. The van der Waals surface area contributed by atoms with Crippen LogP contribution in [0.1, 0.15) is 0 Å². The predicted molar refractivity (Wildman–Crippen MR) is 58.2 cm³/mol. The highest BCUT2D eigenvalue weighted by Gasteiger charge is 2.15. The van der Waals surface area contributed by atoms with Crippen LogP contribution in [-0.4, -0.2) is 18.6 Å². The predicted octanol–water partition coefficient (Wildman–Crippen LogP) is 1.25. The van der Waals surface area contributed by atoms with Gasteiger partial charge >= 0.3 is 0 Å². The first-order valence-electron chi connectivity index (χ1n) is 3.74. The molecule has 0 bridgehead atoms. The van der Waals surface area contributed by atoms with Gasteiger partial charge in [-0.15, -0.1) is 0 Å². The molecule has 0 aromatic carbocycles. The lowest BCUT2D eigenvalue weighted by Crippen LogP contribution is -2.22. The molecule has 0 amide bonds. The van der Waals surface area contributed by atoms with E-state index >= 15 is 0 Å². The number of aromatic nitrogens is 4. The lowest BCUT2D eigenvalue weighted by atomic mass is 10.5. The maximum absolute atomic E-state index is 11.7. The van der Waals surface area contributed by atoms with Crippen LogP contribution in [0.2, 0.25) is 0 Å². The molecule has 0 saturated heterocycles. The van der Waals surface area contributed by atoms with Crippen molar-refractivity contribution < 1.29 is 0 Å². The van der Waals surface area contributed by atoms with Crippen LogP contribution in [0.3, 0.4) is 0 Å². The lowest BCUT2D eigenvalue weighted by molar-refractivity contribution is 0.846. The Morgan fingerprint density at radius 2 is 2.13 bits per heavy atom. The number of nitrogens with zero attached hydrogens (tertiary/aromatic N) is 5. The molecule has 9 heteroatoms. The quantitative estimate of drug-likeness (QED) is 0.730. The standard InChI is InChI=1S/C6H4Cl3N5O/c1-12-5(15)3-4(13(7)2-10-3)11-6(12)14(8)9/h2H,1H3. The van der Waals surface area contributed by atoms with Crippen molar-refractivity contribution in [3.8, 4) is 0 Å². The molecule has 2 aromatic heterocycles. The van der Waals surface area contributed by atoms with Crippen molar-refractivity contribution in [2.24, 2.45) is 7.05 Å². The van der Waals surface area contributed by atoms with E-state index in [0.717, 1.165) is 4.09 Å². The summed E-state index contributed by atoms with van der Waals surface area (Å²) in [4.78, 5) is 19.5. The molecule has 0 aliphatic heterocycles. The number of halogens is 3. The van der Waals surface area contributed by atoms with Gasteiger partial charge in [0.15, 0.2) is 11.2 Å². The molecule has 6 nitrogen and oxygen atoms in total. The third-order valence-corrected chi connectivity index (χ3v) is 2.42. The molecule has 15 heavy (non-hydrogen) atoms. The minimum atomic E-state index is -0.374. The van der Waals surface area contributed by atoms with E-state index in [1.807, 2.05) is 0 Å². The minimum Gasteiger partial charge on any atom is -0.278 e. The first-order chi connectivity index (χ1) is 7.02. The fourth-order valence-corrected chi connectivity index (χ4v) is 1.61. The third kappa shape index (κ3) is 1.54. The Labute approximate surface area is 98.9 Å². The van der Waals surface area contributed by atoms with E-state index in [4.69, 9.17) is 35.3 Å². The van der Waals surface area contributed by atoms with E-state index in [1.165, 1.54) is 17.9 Å². The lowest BCUT2D eigenvalue weighted by Gasteiger charge is -2.08. The summed E-state index contributed by atoms with van der Waals surface area (Å²) in [5.74, 6) is 0.0678. The zero-order valence-electron chi connectivity index (χ0n) is 7.36. The summed E-state index contributed by atoms with van der Waals surface area (Å²) in [5, 5.41) is 0. The third-order valence-electron chi connectivity index (χ3n) is 1.87. The van der Waals surface area contributed by atoms with Gasteiger partial charge in [-0.2, -0.15) is 8.92 Å². The Bertz CT molecular complexity index is 574. The Morgan fingerprint density at radius 3 is 2.73 bits per heavy atom. The average Bonchev–Trinajstić information content (AvgIpc) is 2.53. The van der Waals surface area contributed by atoms with Gasteiger partial charge in [-0.25, -0.2) is 9.07 Å². The van der Waals surface area contributed by atoms with Crippen molar-refractivity contribution >= 4 is 52.4 Å². The Hall–Kier alpha value is -0.980. The highest BCUT2D eigenvalue weighted by atomic mass is 35.5. The minimum absolute atomic E-state index is 0.0678. The molecule has 0 unspecified atom stereocenters. The molecule has 0 radical (unpaired) electrons. The van der Waals surface area contributed by atoms with Crippen LogP contribution in [0.15, 0.2) is 11.1 Å². The van der Waals surface area contributed by atoms with Crippen molar-refractivity contribution in [2.45, 2.75) is 0 Å². The van der Waals surface area contributed by atoms with Gasteiger partial charge in [0, 0.05) is 42.4 Å². The molecule has 0 aliphatic carbocycles. The molecule has 0 saturated carbocycles. The zero-order chi connectivity index (χ0) is 11.2. The number of hydrogen-bond donors (Lipinski definition) is 0. The Kier molecular flexibility index (Phi) is 2.49. The fourth-order valence-electron chi connectivity index (χ4n) is 1.14. The van der Waals surface area contributed by atoms with E-state index in [1.54, 1.807) is 0 Å². The first-order valence-corrected chi connectivity index (χ1v) is 4.75. The van der Waals surface area contributed by atoms with Gasteiger partial charge in [-0.05, 0) is 0 Å². The van der Waals surface area contributed by atoms with Gasteiger partial charge in [-0.1, -0.05) is 0 Å². The van der Waals surface area contributed by atoms with Crippen LogP contribution in [-0.2, 0) is 7.05 Å². The molecule has 0 N–H and O–H groups in total. The molecule has 0 atom stereocenters. The zero-order valence-corrected chi connectivity index (χ0v) is 9.62. The Balaban J connectivity index is 2.91. The molecule has 0 fully saturated rings. The van der Waals surface area contributed by atoms with E-state index in [9.17, 15) is 4.79 Å². The van der Waals surface area contributed by atoms with Crippen LogP contribution in [0.4, 0.5) is 5.95 Å².